The van der Waals surface area contributed by atoms with E-state index in [1.807, 2.05) is 4.68 Å². The molecule has 0 N–H and O–H groups in total. The molecule has 5 heteroatoms. The normalized spacial score (nSPS) is 16.4. The molecule has 0 unspecified atom stereocenters. The first kappa shape index (κ1) is 12.1. The Bertz CT molecular complexity index is 394. The third-order valence-electron chi connectivity index (χ3n) is 3.33. The second kappa shape index (κ2) is 5.29. The fourth-order valence-electron chi connectivity index (χ4n) is 2.54. The highest BCUT2D eigenvalue weighted by atomic mass is 16.5. The summed E-state index contributed by atoms with van der Waals surface area (Å²) in [5.74, 6) is 0.0555. The molecule has 1 saturated carbocycles. The molecule has 1 aliphatic carbocycles. The number of rotatable bonds is 4. The van der Waals surface area contributed by atoms with Gasteiger partial charge in [0.05, 0.1) is 12.8 Å². The molecule has 1 fully saturated rings. The molecule has 1 aliphatic rings. The molecule has 1 aromatic heterocycles. The van der Waals surface area contributed by atoms with E-state index in [-0.39, 0.29) is 5.97 Å². The average Bonchev–Trinajstić information content (AvgIpc) is 2.96. The van der Waals surface area contributed by atoms with Gasteiger partial charge in [-0.05, 0) is 19.3 Å². The first-order valence-corrected chi connectivity index (χ1v) is 6.29. The summed E-state index contributed by atoms with van der Waals surface area (Å²) < 4.78 is 6.65. The molecule has 0 atom stereocenters. The molecule has 17 heavy (non-hydrogen) atoms. The largest absolute Gasteiger partial charge is 0.464 e. The molecule has 0 bridgehead atoms. The van der Waals surface area contributed by atoms with Gasteiger partial charge in [-0.25, -0.2) is 9.48 Å². The number of aryl methyl sites for hydroxylation is 1. The molecule has 0 aromatic carbocycles. The lowest BCUT2D eigenvalue weighted by atomic mass is 10.0. The van der Waals surface area contributed by atoms with Gasteiger partial charge >= 0.3 is 5.97 Å². The lowest BCUT2D eigenvalue weighted by Crippen LogP contribution is -2.12. The topological polar surface area (TPSA) is 57.0 Å². The van der Waals surface area contributed by atoms with E-state index >= 15 is 0 Å². The summed E-state index contributed by atoms with van der Waals surface area (Å²) in [5, 5.41) is 8.07. The molecule has 0 amide bonds. The lowest BCUT2D eigenvalue weighted by Gasteiger charge is -2.12. The predicted molar refractivity (Wildman–Crippen MR) is 62.9 cm³/mol. The molecule has 1 heterocycles. The number of carbonyl (C=O) groups is 1. The number of nitrogens with zero attached hydrogens (tertiary/aromatic N) is 3. The van der Waals surface area contributed by atoms with Crippen molar-refractivity contribution in [3.8, 4) is 0 Å². The Morgan fingerprint density at radius 2 is 2.18 bits per heavy atom. The van der Waals surface area contributed by atoms with Gasteiger partial charge in [0.1, 0.15) is 0 Å². The van der Waals surface area contributed by atoms with Crippen LogP contribution in [0.15, 0.2) is 0 Å². The van der Waals surface area contributed by atoms with E-state index in [1.54, 1.807) is 0 Å². The molecule has 1 aromatic rings. The van der Waals surface area contributed by atoms with E-state index in [9.17, 15) is 4.79 Å². The quantitative estimate of drug-likeness (QED) is 0.753. The molecule has 2 rings (SSSR count). The summed E-state index contributed by atoms with van der Waals surface area (Å²) in [4.78, 5) is 11.7. The fraction of sp³-hybridized carbons (Fsp3) is 0.750. The molecule has 0 spiro atoms. The van der Waals surface area contributed by atoms with E-state index in [2.05, 4.69) is 17.2 Å². The summed E-state index contributed by atoms with van der Waals surface area (Å²) in [5.41, 5.74) is 1.39. The van der Waals surface area contributed by atoms with Crippen molar-refractivity contribution in [2.75, 3.05) is 7.11 Å². The molecule has 0 saturated heterocycles. The second-order valence-corrected chi connectivity index (χ2v) is 4.52. The minimum absolute atomic E-state index is 0.366. The Hall–Kier alpha value is -1.39. The fourth-order valence-corrected chi connectivity index (χ4v) is 2.54. The highest BCUT2D eigenvalue weighted by molar-refractivity contribution is 5.88. The van der Waals surface area contributed by atoms with E-state index in [4.69, 9.17) is 4.74 Å². The van der Waals surface area contributed by atoms with Gasteiger partial charge in [-0.2, -0.15) is 0 Å². The van der Waals surface area contributed by atoms with E-state index in [1.165, 1.54) is 20.0 Å². The number of methoxy groups -OCH3 is 1. The number of hydrogen-bond acceptors (Lipinski definition) is 4. The molecule has 0 aliphatic heterocycles. The average molecular weight is 237 g/mol. The van der Waals surface area contributed by atoms with Crippen molar-refractivity contribution in [1.82, 2.24) is 15.0 Å². The second-order valence-electron chi connectivity index (χ2n) is 4.52. The van der Waals surface area contributed by atoms with Crippen LogP contribution < -0.4 is 0 Å². The zero-order chi connectivity index (χ0) is 12.3. The highest BCUT2D eigenvalue weighted by Gasteiger charge is 2.28. The van der Waals surface area contributed by atoms with Crippen molar-refractivity contribution in [1.29, 1.82) is 0 Å². The van der Waals surface area contributed by atoms with Crippen molar-refractivity contribution in [3.05, 3.63) is 11.4 Å². The third-order valence-corrected chi connectivity index (χ3v) is 3.33. The summed E-state index contributed by atoms with van der Waals surface area (Å²) in [6.45, 7) is 2.91. The summed E-state index contributed by atoms with van der Waals surface area (Å²) in [7, 11) is 1.39. The van der Waals surface area contributed by atoms with Gasteiger partial charge in [-0.15, -0.1) is 5.10 Å². The van der Waals surface area contributed by atoms with Crippen molar-refractivity contribution in [2.45, 2.75) is 51.5 Å². The SMILES string of the molecule is CCCn1nnc(C(=O)OC)c1C1CCCC1. The zero-order valence-corrected chi connectivity index (χ0v) is 10.5. The number of aromatic nitrogens is 3. The number of hydrogen-bond donors (Lipinski definition) is 0. The van der Waals surface area contributed by atoms with Crippen LogP contribution in [0.4, 0.5) is 0 Å². The van der Waals surface area contributed by atoms with Crippen LogP contribution in [0.5, 0.6) is 0 Å². The zero-order valence-electron chi connectivity index (χ0n) is 10.5. The summed E-state index contributed by atoms with van der Waals surface area (Å²) in [6.07, 6.45) is 5.69. The van der Waals surface area contributed by atoms with Gasteiger partial charge in [0.25, 0.3) is 0 Å². The maximum Gasteiger partial charge on any atom is 0.360 e. The Balaban J connectivity index is 2.34. The van der Waals surface area contributed by atoms with Crippen LogP contribution >= 0.6 is 0 Å². The maximum absolute atomic E-state index is 11.7. The predicted octanol–water partition coefficient (Wildman–Crippen LogP) is 2.13. The number of esters is 1. The Kier molecular flexibility index (Phi) is 3.76. The van der Waals surface area contributed by atoms with Crippen LogP contribution in [-0.4, -0.2) is 28.1 Å². The van der Waals surface area contributed by atoms with Crippen LogP contribution in [0, 0.1) is 0 Å². The van der Waals surface area contributed by atoms with Crippen LogP contribution in [0.2, 0.25) is 0 Å². The van der Waals surface area contributed by atoms with Crippen LogP contribution in [0.3, 0.4) is 0 Å². The van der Waals surface area contributed by atoms with Crippen LogP contribution in [-0.2, 0) is 11.3 Å². The van der Waals surface area contributed by atoms with Crippen molar-refractivity contribution in [2.24, 2.45) is 0 Å². The Morgan fingerprint density at radius 1 is 1.47 bits per heavy atom. The highest BCUT2D eigenvalue weighted by Crippen LogP contribution is 2.35. The minimum Gasteiger partial charge on any atom is -0.464 e. The summed E-state index contributed by atoms with van der Waals surface area (Å²) >= 11 is 0. The molecule has 94 valence electrons. The Morgan fingerprint density at radius 3 is 2.76 bits per heavy atom. The molecule has 5 nitrogen and oxygen atoms in total. The molecule has 0 radical (unpaired) electrons. The van der Waals surface area contributed by atoms with Gasteiger partial charge < -0.3 is 4.74 Å². The van der Waals surface area contributed by atoms with Crippen molar-refractivity contribution < 1.29 is 9.53 Å². The van der Waals surface area contributed by atoms with Crippen LogP contribution in [0.25, 0.3) is 0 Å². The summed E-state index contributed by atoms with van der Waals surface area (Å²) in [6, 6.07) is 0. The minimum atomic E-state index is -0.366. The van der Waals surface area contributed by atoms with Gasteiger partial charge in [-0.1, -0.05) is 25.0 Å². The van der Waals surface area contributed by atoms with Crippen molar-refractivity contribution >= 4 is 5.97 Å². The number of ether oxygens (including phenoxy) is 1. The molecular weight excluding hydrogens is 218 g/mol. The smallest absolute Gasteiger partial charge is 0.360 e. The van der Waals surface area contributed by atoms with Gasteiger partial charge in [0.2, 0.25) is 0 Å². The first-order chi connectivity index (χ1) is 8.27. The van der Waals surface area contributed by atoms with Gasteiger partial charge in [0.15, 0.2) is 5.69 Å². The van der Waals surface area contributed by atoms with E-state index < -0.39 is 0 Å². The van der Waals surface area contributed by atoms with Crippen molar-refractivity contribution in [3.63, 3.8) is 0 Å². The van der Waals surface area contributed by atoms with E-state index in [0.717, 1.165) is 31.5 Å². The van der Waals surface area contributed by atoms with Gasteiger partial charge in [0, 0.05) is 12.5 Å². The molecular formula is C12H19N3O2. The third kappa shape index (κ3) is 2.33. The van der Waals surface area contributed by atoms with E-state index in [0.29, 0.717) is 11.6 Å². The maximum atomic E-state index is 11.7. The van der Waals surface area contributed by atoms with Crippen LogP contribution in [0.1, 0.15) is 61.1 Å². The first-order valence-electron chi connectivity index (χ1n) is 6.29. The standard InChI is InChI=1S/C12H19N3O2/c1-3-8-15-11(9-6-4-5-7-9)10(13-14-15)12(16)17-2/h9H,3-8H2,1-2H3. The monoisotopic (exact) mass is 237 g/mol. The number of carbonyl (C=O) groups excluding carboxylic acids is 1. The lowest BCUT2D eigenvalue weighted by molar-refractivity contribution is 0.0592. The Labute approximate surface area is 101 Å². The van der Waals surface area contributed by atoms with Gasteiger partial charge in [-0.3, -0.25) is 0 Å².